The SMILES string of the molecule is O=C(O[SiH](OC(=O)c1ccccc1)OC(=O)c1ccccc1)c1ccccc1. The average Bonchev–Trinajstić information content (AvgIpc) is 2.75. The van der Waals surface area contributed by atoms with E-state index in [-0.39, 0.29) is 16.7 Å². The molecule has 0 radical (unpaired) electrons. The van der Waals surface area contributed by atoms with Gasteiger partial charge in [-0.2, -0.15) is 0 Å². The van der Waals surface area contributed by atoms with Gasteiger partial charge in [-0.15, -0.1) is 0 Å². The molecule has 0 bridgehead atoms. The fraction of sp³-hybridized carbons (Fsp3) is 0. The maximum absolute atomic E-state index is 12.3. The first-order valence-corrected chi connectivity index (χ1v) is 9.83. The van der Waals surface area contributed by atoms with Crippen LogP contribution in [0.4, 0.5) is 0 Å². The Labute approximate surface area is 163 Å². The third-order valence-electron chi connectivity index (χ3n) is 3.64. The van der Waals surface area contributed by atoms with E-state index in [2.05, 4.69) is 0 Å². The Bertz CT molecular complexity index is 817. The van der Waals surface area contributed by atoms with Gasteiger partial charge in [0.25, 0.3) is 0 Å². The summed E-state index contributed by atoms with van der Waals surface area (Å²) >= 11 is 0. The van der Waals surface area contributed by atoms with Crippen molar-refractivity contribution in [3.05, 3.63) is 108 Å². The van der Waals surface area contributed by atoms with Gasteiger partial charge >= 0.3 is 27.4 Å². The zero-order valence-corrected chi connectivity index (χ0v) is 15.8. The summed E-state index contributed by atoms with van der Waals surface area (Å²) in [5, 5.41) is 0. The second-order valence-corrected chi connectivity index (χ2v) is 6.89. The van der Waals surface area contributed by atoms with Crippen LogP contribution in [-0.2, 0) is 13.3 Å². The first-order valence-electron chi connectivity index (χ1n) is 8.41. The number of hydrogen-bond donors (Lipinski definition) is 0. The summed E-state index contributed by atoms with van der Waals surface area (Å²) in [7, 11) is -3.47. The Morgan fingerprint density at radius 2 is 0.714 bits per heavy atom. The van der Waals surface area contributed by atoms with E-state index in [9.17, 15) is 14.4 Å². The van der Waals surface area contributed by atoms with Crippen molar-refractivity contribution in [3.8, 4) is 0 Å². The first-order chi connectivity index (χ1) is 13.6. The van der Waals surface area contributed by atoms with Crippen LogP contribution < -0.4 is 0 Å². The second kappa shape index (κ2) is 9.29. The van der Waals surface area contributed by atoms with E-state index in [1.807, 2.05) is 0 Å². The molecule has 140 valence electrons. The average molecular weight is 392 g/mol. The van der Waals surface area contributed by atoms with Crippen molar-refractivity contribution in [3.63, 3.8) is 0 Å². The molecule has 0 saturated heterocycles. The van der Waals surface area contributed by atoms with Crippen molar-refractivity contribution in [1.29, 1.82) is 0 Å². The number of benzene rings is 3. The monoisotopic (exact) mass is 392 g/mol. The quantitative estimate of drug-likeness (QED) is 0.599. The molecule has 0 saturated carbocycles. The van der Waals surface area contributed by atoms with Gasteiger partial charge in [0.15, 0.2) is 0 Å². The number of carbonyl (C=O) groups excluding carboxylic acids is 3. The van der Waals surface area contributed by atoms with Crippen molar-refractivity contribution in [2.45, 2.75) is 0 Å². The molecule has 0 aliphatic carbocycles. The lowest BCUT2D eigenvalue weighted by Gasteiger charge is -2.16. The molecule has 0 amide bonds. The molecule has 0 N–H and O–H groups in total. The molecule has 0 aliphatic rings. The predicted octanol–water partition coefficient (Wildman–Crippen LogP) is 3.27. The molecule has 28 heavy (non-hydrogen) atoms. The van der Waals surface area contributed by atoms with Gasteiger partial charge in [-0.25, -0.2) is 14.4 Å². The van der Waals surface area contributed by atoms with Crippen LogP contribution in [0.3, 0.4) is 0 Å². The van der Waals surface area contributed by atoms with Crippen molar-refractivity contribution in [1.82, 2.24) is 0 Å². The van der Waals surface area contributed by atoms with E-state index in [1.54, 1.807) is 91.0 Å². The van der Waals surface area contributed by atoms with Crippen LogP contribution in [0.15, 0.2) is 91.0 Å². The fourth-order valence-electron chi connectivity index (χ4n) is 2.26. The summed E-state index contributed by atoms with van der Waals surface area (Å²) in [5.74, 6) is -2.21. The molecule has 7 heteroatoms. The van der Waals surface area contributed by atoms with Gasteiger partial charge in [0.05, 0.1) is 16.7 Å². The largest absolute Gasteiger partial charge is 0.689 e. The fourth-order valence-corrected chi connectivity index (χ4v) is 3.34. The Morgan fingerprint density at radius 3 is 0.964 bits per heavy atom. The van der Waals surface area contributed by atoms with Gasteiger partial charge in [-0.3, -0.25) is 0 Å². The molecular formula is C21H16O6Si. The number of rotatable bonds is 6. The van der Waals surface area contributed by atoms with E-state index in [1.165, 1.54) is 0 Å². The van der Waals surface area contributed by atoms with E-state index in [0.717, 1.165) is 0 Å². The lowest BCUT2D eigenvalue weighted by molar-refractivity contribution is 0.0410. The van der Waals surface area contributed by atoms with Gasteiger partial charge in [-0.1, -0.05) is 54.6 Å². The van der Waals surface area contributed by atoms with Crippen molar-refractivity contribution < 1.29 is 27.7 Å². The highest BCUT2D eigenvalue weighted by Crippen LogP contribution is 2.10. The van der Waals surface area contributed by atoms with Crippen LogP contribution >= 0.6 is 0 Å². The minimum atomic E-state index is -3.47. The number of hydrogen-bond acceptors (Lipinski definition) is 6. The molecule has 3 rings (SSSR count). The second-order valence-electron chi connectivity index (χ2n) is 5.60. The van der Waals surface area contributed by atoms with Gasteiger partial charge < -0.3 is 13.3 Å². The highest BCUT2D eigenvalue weighted by Gasteiger charge is 2.31. The van der Waals surface area contributed by atoms with Crippen molar-refractivity contribution in [2.24, 2.45) is 0 Å². The lowest BCUT2D eigenvalue weighted by atomic mass is 10.2. The Kier molecular flexibility index (Phi) is 6.32. The summed E-state index contributed by atoms with van der Waals surface area (Å²) in [5.41, 5.74) is 0.768. The third kappa shape index (κ3) is 5.15. The van der Waals surface area contributed by atoms with Crippen LogP contribution in [0.25, 0.3) is 0 Å². The predicted molar refractivity (Wildman–Crippen MR) is 103 cm³/mol. The smallest absolute Gasteiger partial charge is 0.454 e. The van der Waals surface area contributed by atoms with Gasteiger partial charge in [-0.05, 0) is 36.4 Å². The molecule has 0 fully saturated rings. The van der Waals surface area contributed by atoms with E-state index < -0.39 is 27.4 Å². The van der Waals surface area contributed by atoms with Gasteiger partial charge in [0.1, 0.15) is 0 Å². The first kappa shape index (κ1) is 19.1. The van der Waals surface area contributed by atoms with Gasteiger partial charge in [0, 0.05) is 0 Å². The van der Waals surface area contributed by atoms with Crippen LogP contribution in [0.5, 0.6) is 0 Å². The van der Waals surface area contributed by atoms with E-state index >= 15 is 0 Å². The van der Waals surface area contributed by atoms with Crippen LogP contribution in [0.2, 0.25) is 0 Å². The highest BCUT2D eigenvalue weighted by atomic mass is 28.3. The van der Waals surface area contributed by atoms with Crippen molar-refractivity contribution in [2.75, 3.05) is 0 Å². The summed E-state index contributed by atoms with van der Waals surface area (Å²) < 4.78 is 15.7. The van der Waals surface area contributed by atoms with Crippen molar-refractivity contribution >= 4 is 27.4 Å². The maximum atomic E-state index is 12.3. The summed E-state index contributed by atoms with van der Waals surface area (Å²) in [6.45, 7) is 0. The molecule has 0 aromatic heterocycles. The van der Waals surface area contributed by atoms with E-state index in [4.69, 9.17) is 13.3 Å². The molecule has 6 nitrogen and oxygen atoms in total. The maximum Gasteiger partial charge on any atom is 0.689 e. The van der Waals surface area contributed by atoms with Crippen LogP contribution in [-0.4, -0.2) is 27.4 Å². The minimum Gasteiger partial charge on any atom is -0.454 e. The molecule has 0 unspecified atom stereocenters. The Morgan fingerprint density at radius 1 is 0.464 bits per heavy atom. The summed E-state index contributed by atoms with van der Waals surface area (Å²) in [4.78, 5) is 37.0. The minimum absolute atomic E-state index is 0.256. The Balaban J connectivity index is 1.76. The third-order valence-corrected chi connectivity index (χ3v) is 4.86. The van der Waals surface area contributed by atoms with Gasteiger partial charge in [0.2, 0.25) is 0 Å². The Hall–Kier alpha value is -3.71. The summed E-state index contributed by atoms with van der Waals surface area (Å²) in [6, 6.07) is 24.5. The molecule has 3 aromatic rings. The molecule has 0 heterocycles. The van der Waals surface area contributed by atoms with Crippen LogP contribution in [0, 0.1) is 0 Å². The zero-order chi connectivity index (χ0) is 19.8. The molecule has 3 aromatic carbocycles. The molecule has 0 aliphatic heterocycles. The van der Waals surface area contributed by atoms with E-state index in [0.29, 0.717) is 0 Å². The topological polar surface area (TPSA) is 78.9 Å². The number of carbonyl (C=O) groups is 3. The zero-order valence-electron chi connectivity index (χ0n) is 14.7. The van der Waals surface area contributed by atoms with Crippen LogP contribution in [0.1, 0.15) is 31.1 Å². The molecule has 0 spiro atoms. The normalized spacial score (nSPS) is 10.2. The molecular weight excluding hydrogens is 376 g/mol. The highest BCUT2D eigenvalue weighted by molar-refractivity contribution is 6.45. The lowest BCUT2D eigenvalue weighted by Crippen LogP contribution is -2.35. The molecule has 0 atom stereocenters. The summed E-state index contributed by atoms with van der Waals surface area (Å²) in [6.07, 6.45) is 0. The standard InChI is InChI=1S/C21H16O6Si/c22-19(16-10-4-1-5-11-16)25-28(26-20(23)17-12-6-2-7-13-17)27-21(24)18-14-8-3-9-15-18/h1-15,28H.